The van der Waals surface area contributed by atoms with E-state index < -0.39 is 191 Å². The number of β-amino-alcohol motifs (C(OH)–C–C–N with tert-alkyl or cyclic N) is 4. The molecule has 2 bridgehead atoms. The average molecular weight is 1930 g/mol. The van der Waals surface area contributed by atoms with Crippen LogP contribution in [-0.4, -0.2) is 692 Å². The van der Waals surface area contributed by atoms with Gasteiger partial charge in [0.05, 0.1) is 103 Å². The van der Waals surface area contributed by atoms with E-state index in [1.165, 1.54) is 19.6 Å². The fourth-order valence-electron chi connectivity index (χ4n) is 18.4. The van der Waals surface area contributed by atoms with Crippen molar-refractivity contribution >= 4 is 95.1 Å². The first kappa shape index (κ1) is 111. The lowest BCUT2D eigenvalue weighted by atomic mass is 9.98. The van der Waals surface area contributed by atoms with E-state index in [0.29, 0.717) is 0 Å². The van der Waals surface area contributed by atoms with Gasteiger partial charge in [0, 0.05) is 313 Å². The molecule has 0 saturated carbocycles. The Morgan fingerprint density at radius 1 is 0.185 bits per heavy atom. The molecule has 8 aliphatic heterocycles. The summed E-state index contributed by atoms with van der Waals surface area (Å²) in [5.41, 5.74) is 0. The third kappa shape index (κ3) is 41.5. The Hall–Kier alpha value is -9.32. The lowest BCUT2D eigenvalue weighted by Crippen LogP contribution is -2.69. The second kappa shape index (κ2) is 56.5. The predicted octanol–water partition coefficient (Wildman–Crippen LogP) is -14.1. The maximum Gasteiger partial charge on any atom is 0.317 e. The topological polar surface area (TPSA) is 640 Å². The number of nitrogens with zero attached hydrogens (tertiary/aromatic N) is 22. The van der Waals surface area contributed by atoms with Crippen molar-refractivity contribution in [3.05, 3.63) is 0 Å². The van der Waals surface area contributed by atoms with E-state index in [4.69, 9.17) is 0 Å². The van der Waals surface area contributed by atoms with E-state index in [9.17, 15) is 119 Å². The molecular weight excluding hydrogens is 1790 g/mol. The summed E-state index contributed by atoms with van der Waals surface area (Å²) in [6, 6.07) is -1.31. The van der Waals surface area contributed by atoms with Gasteiger partial charge in [0.1, 0.15) is 0 Å². The zero-order chi connectivity index (χ0) is 98.5. The minimum atomic E-state index is -1.80. The van der Waals surface area contributed by atoms with Crippen LogP contribution < -0.4 is 5.32 Å². The van der Waals surface area contributed by atoms with Crippen molar-refractivity contribution in [3.8, 4) is 0 Å². The molecule has 764 valence electrons. The quantitative estimate of drug-likeness (QED) is 0.0266. The molecule has 8 aliphatic rings. The SMILES string of the molecule is O=C(O)CN1CCN(CC(=O)O)CCN(CC(=O)N2CCN(C(=O)CN3CCN(CC(=O)O)CCN(CC(O)O)CCN(CC(=O)O)CC3)CC(C(=O)N3CC4CN(C(=O)C5CN(C(=O)CN6CCN(CC(=O)O)CCN(CC(=O)O)CCN(CC(=O)O)CC6)CCN(C(=O)CN6CCN(CC(=O)O)CCN(CC(=O)O)CCN(CC(O)O)CC6)C5)CC(C3)N4)C2)CCN(CC(=O)O)CC1. The molecule has 8 heterocycles. The van der Waals surface area contributed by atoms with Crippen LogP contribution >= 0.6 is 0 Å². The number of rotatable bonds is 34. The van der Waals surface area contributed by atoms with Gasteiger partial charge in [0.2, 0.25) is 35.4 Å². The molecule has 6 amide bonds. The van der Waals surface area contributed by atoms with Crippen molar-refractivity contribution < 1.29 is 148 Å². The molecule has 0 aromatic rings. The highest BCUT2D eigenvalue weighted by Gasteiger charge is 2.45. The van der Waals surface area contributed by atoms with Gasteiger partial charge in [0.15, 0.2) is 12.6 Å². The van der Waals surface area contributed by atoms with E-state index in [-0.39, 0.29) is 334 Å². The highest BCUT2D eigenvalue weighted by atomic mass is 16.5. The first-order valence-electron chi connectivity index (χ1n) is 46.0. The van der Waals surface area contributed by atoms with Crippen LogP contribution in [0.4, 0.5) is 0 Å². The molecule has 8 fully saturated rings. The number of carbonyl (C=O) groups excluding carboxylic acids is 6. The van der Waals surface area contributed by atoms with Gasteiger partial charge < -0.3 is 106 Å². The third-order valence-electron chi connectivity index (χ3n) is 25.6. The lowest BCUT2D eigenvalue weighted by Gasteiger charge is -2.48. The summed E-state index contributed by atoms with van der Waals surface area (Å²) in [4.78, 5) is 250. The van der Waals surface area contributed by atoms with Crippen LogP contribution in [0.3, 0.4) is 0 Å². The summed E-state index contributed by atoms with van der Waals surface area (Å²) in [6.45, 7) is -4.38. The molecule has 4 atom stereocenters. The molecule has 0 aromatic carbocycles. The van der Waals surface area contributed by atoms with Crippen molar-refractivity contribution in [2.24, 2.45) is 11.8 Å². The number of hydrogen-bond acceptors (Lipinski definition) is 37. The van der Waals surface area contributed by atoms with E-state index in [2.05, 4.69) is 5.32 Å². The normalized spacial score (nSPS) is 23.6. The van der Waals surface area contributed by atoms with Gasteiger partial charge in [-0.1, -0.05) is 0 Å². The smallest absolute Gasteiger partial charge is 0.317 e. The van der Waals surface area contributed by atoms with Gasteiger partial charge in [-0.2, -0.15) is 0 Å². The average Bonchev–Trinajstić information content (AvgIpc) is 1.72. The van der Waals surface area contributed by atoms with Crippen LogP contribution in [0, 0.1) is 11.8 Å². The molecule has 53 heteroatoms. The van der Waals surface area contributed by atoms with E-state index in [1.807, 2.05) is 0 Å². The fourth-order valence-corrected chi connectivity index (χ4v) is 18.4. The van der Waals surface area contributed by atoms with Crippen LogP contribution in [0.1, 0.15) is 0 Å². The first-order valence-corrected chi connectivity index (χ1v) is 46.0. The number of carbonyl (C=O) groups is 16. The van der Waals surface area contributed by atoms with Gasteiger partial charge >= 0.3 is 59.7 Å². The summed E-state index contributed by atoms with van der Waals surface area (Å²) >= 11 is 0. The van der Waals surface area contributed by atoms with E-state index >= 15 is 28.8 Å². The first-order chi connectivity index (χ1) is 64.1. The van der Waals surface area contributed by atoms with Gasteiger partial charge in [-0.05, 0) is 0 Å². The number of aliphatic hydroxyl groups is 4. The molecular formula is C82H141N23O30. The summed E-state index contributed by atoms with van der Waals surface area (Å²) < 4.78 is 0. The Morgan fingerprint density at radius 2 is 0.319 bits per heavy atom. The van der Waals surface area contributed by atoms with E-state index in [0.717, 1.165) is 0 Å². The molecule has 0 spiro atoms. The van der Waals surface area contributed by atoms with Crippen molar-refractivity contribution in [3.63, 3.8) is 0 Å². The molecule has 135 heavy (non-hydrogen) atoms. The van der Waals surface area contributed by atoms with Gasteiger partial charge in [0.25, 0.3) is 0 Å². The van der Waals surface area contributed by atoms with Crippen LogP contribution in [-0.2, 0) is 76.7 Å². The summed E-state index contributed by atoms with van der Waals surface area (Å²) in [5.74, 6) is -16.8. The number of fused-ring (bicyclic) bond motifs is 2. The molecule has 0 aliphatic carbocycles. The Bertz CT molecular complexity index is 3820. The van der Waals surface area contributed by atoms with Crippen molar-refractivity contribution in [2.45, 2.75) is 24.7 Å². The molecule has 0 radical (unpaired) electrons. The number of aliphatic hydroxyl groups excluding tert-OH is 2. The Kier molecular flexibility index (Phi) is 46.5. The number of nitrogens with one attached hydrogen (secondary N) is 1. The van der Waals surface area contributed by atoms with Gasteiger partial charge in [-0.25, -0.2) is 0 Å². The van der Waals surface area contributed by atoms with Gasteiger partial charge in [-0.15, -0.1) is 0 Å². The molecule has 8 rings (SSSR count). The summed E-state index contributed by atoms with van der Waals surface area (Å²) in [7, 11) is 0. The second-order valence-electron chi connectivity index (χ2n) is 36.2. The van der Waals surface area contributed by atoms with Crippen LogP contribution in [0.25, 0.3) is 0 Å². The zero-order valence-corrected chi connectivity index (χ0v) is 77.0. The Labute approximate surface area is 782 Å². The van der Waals surface area contributed by atoms with E-state index in [1.54, 1.807) is 88.2 Å². The number of hydrogen-bond donors (Lipinski definition) is 15. The monoisotopic (exact) mass is 1930 g/mol. The number of aliphatic carboxylic acids is 10. The largest absolute Gasteiger partial charge is 0.480 e. The second-order valence-corrected chi connectivity index (χ2v) is 36.2. The van der Waals surface area contributed by atoms with Crippen LogP contribution in [0.5, 0.6) is 0 Å². The highest BCUT2D eigenvalue weighted by molar-refractivity contribution is 5.86. The fraction of sp³-hybridized carbons (Fsp3) is 0.805. The standard InChI is InChI=1S/C82H141N23O30/c106-65(45-84-1-9-88(49-69(110)111)17-25-96(57-77(126)127)26-18-89(10-2-84)50-70(112)113)100-33-34-101(66(107)46-85-3-11-90(51-71(114)115)19-27-97(58-78(128)129)28-20-91(12-4-85)52-72(116)117)38-61(37-100)81(134)104-41-63-43-105(44-64(42-104)83-63)82(135)62-39-102(67(108)47-86-5-13-92(53-73(118)119)21-29-98(59-79(130)131)30-22-93(14-6-86)54-74(120)121)35-36-103(40-62)68(109)48-87-7-15-94(55-75(122)123)23-31-99(60-80(132)133)32-24-95(16-8-87)56-76(124)125/h61-64,69,79,83,110-111,130-131H,1-60H2,(H,112,113)(H,114,115)(H,116,117)(H,118,119)(H,120,121)(H,122,123)(H,124,125)(H,126,127)(H,128,129)(H,132,133). The molecule has 15 N–H and O–H groups in total. The lowest BCUT2D eigenvalue weighted by molar-refractivity contribution is -0.146. The maximum absolute atomic E-state index is 15.9. The summed E-state index contributed by atoms with van der Waals surface area (Å²) in [6.07, 6.45) is -3.55. The minimum absolute atomic E-state index is 0.0372. The number of carboxylic acid groups (broad SMARTS) is 10. The van der Waals surface area contributed by atoms with Crippen molar-refractivity contribution in [2.75, 3.05) is 393 Å². The summed E-state index contributed by atoms with van der Waals surface area (Å²) in [5, 5.41) is 143. The molecule has 0 aromatic heterocycles. The highest BCUT2D eigenvalue weighted by Crippen LogP contribution is 2.24. The molecule has 8 saturated heterocycles. The Balaban J connectivity index is 1.09. The number of carboxylic acids is 10. The van der Waals surface area contributed by atoms with Crippen LogP contribution in [0.2, 0.25) is 0 Å². The molecule has 4 unspecified atom stereocenters. The van der Waals surface area contributed by atoms with Crippen molar-refractivity contribution in [1.82, 2.24) is 113 Å². The minimum Gasteiger partial charge on any atom is -0.480 e. The number of amides is 6. The third-order valence-corrected chi connectivity index (χ3v) is 25.6. The van der Waals surface area contributed by atoms with Crippen LogP contribution in [0.15, 0.2) is 0 Å². The predicted molar refractivity (Wildman–Crippen MR) is 473 cm³/mol. The zero-order valence-electron chi connectivity index (χ0n) is 77.0. The van der Waals surface area contributed by atoms with Gasteiger partial charge in [-0.3, -0.25) is 155 Å². The number of piperazine rings is 2. The Morgan fingerprint density at radius 3 is 0.452 bits per heavy atom. The molecule has 53 nitrogen and oxygen atoms in total. The maximum atomic E-state index is 15.9. The van der Waals surface area contributed by atoms with Crippen molar-refractivity contribution in [1.29, 1.82) is 0 Å².